The number of alkyl halides is 3. The molecule has 0 radical (unpaired) electrons. The van der Waals surface area contributed by atoms with Crippen molar-refractivity contribution in [2.75, 3.05) is 0 Å². The van der Waals surface area contributed by atoms with E-state index in [1.165, 1.54) is 12.1 Å². The molecular weight excluding hydrogens is 359 g/mol. The molecule has 0 aliphatic heterocycles. The molecule has 0 bridgehead atoms. The van der Waals surface area contributed by atoms with Gasteiger partial charge in [0.15, 0.2) is 0 Å². The molecule has 0 fully saturated rings. The summed E-state index contributed by atoms with van der Waals surface area (Å²) in [6, 6.07) is 12.5. The molecule has 2 aromatic carbocycles. The third-order valence-corrected chi connectivity index (χ3v) is 3.89. The van der Waals surface area contributed by atoms with Gasteiger partial charge in [0.05, 0.1) is 0 Å². The van der Waals surface area contributed by atoms with Crippen LogP contribution in [-0.4, -0.2) is 18.1 Å². The summed E-state index contributed by atoms with van der Waals surface area (Å²) in [6.45, 7) is 0. The van der Waals surface area contributed by atoms with Gasteiger partial charge in [-0.1, -0.05) is 52.3 Å². The molecule has 1 N–H and O–H groups in total. The maximum atomic E-state index is 13.2. The van der Waals surface area contributed by atoms with Crippen molar-refractivity contribution < 1.29 is 18.0 Å². The average molecular weight is 372 g/mol. The Balaban J connectivity index is 2.18. The van der Waals surface area contributed by atoms with Gasteiger partial charge in [-0.15, -0.1) is 0 Å². The van der Waals surface area contributed by atoms with Crippen LogP contribution in [0.2, 0.25) is 0 Å². The van der Waals surface area contributed by atoms with Crippen molar-refractivity contribution in [3.63, 3.8) is 0 Å². The molecule has 0 spiro atoms. The van der Waals surface area contributed by atoms with Gasteiger partial charge in [-0.25, -0.2) is 0 Å². The van der Waals surface area contributed by atoms with Crippen LogP contribution in [0.15, 0.2) is 59.1 Å². The third-order valence-electron chi connectivity index (χ3n) is 3.12. The molecule has 0 saturated carbocycles. The third kappa shape index (κ3) is 4.34. The number of hydrogen-bond donors (Lipinski definition) is 1. The summed E-state index contributed by atoms with van der Waals surface area (Å²) in [5.74, 6) is -0.741. The van der Waals surface area contributed by atoms with Gasteiger partial charge in [0.2, 0.25) is 0 Å². The second kappa shape index (κ2) is 6.96. The van der Waals surface area contributed by atoms with Gasteiger partial charge < -0.3 is 5.32 Å². The van der Waals surface area contributed by atoms with Crippen LogP contribution >= 0.6 is 15.9 Å². The van der Waals surface area contributed by atoms with E-state index in [1.807, 2.05) is 0 Å². The summed E-state index contributed by atoms with van der Waals surface area (Å²) in [5, 5.41) is 2.06. The van der Waals surface area contributed by atoms with Crippen molar-refractivity contribution in [1.82, 2.24) is 5.32 Å². The number of halogens is 4. The zero-order valence-electron chi connectivity index (χ0n) is 11.4. The standard InChI is InChI=1S/C16H13BrF3NO/c17-13-9-5-4-8-12(13)10-14(16(18,19)20)21-15(22)11-6-2-1-3-7-11/h1-9,14H,10H2,(H,21,22)/t14-/m1/s1. The molecule has 0 heterocycles. The summed E-state index contributed by atoms with van der Waals surface area (Å²) < 4.78 is 40.1. The lowest BCUT2D eigenvalue weighted by molar-refractivity contribution is -0.153. The Morgan fingerprint density at radius 3 is 2.23 bits per heavy atom. The van der Waals surface area contributed by atoms with Crippen LogP contribution in [0, 0.1) is 0 Å². The Kier molecular flexibility index (Phi) is 5.24. The van der Waals surface area contributed by atoms with Gasteiger partial charge in [0.1, 0.15) is 6.04 Å². The number of carbonyl (C=O) groups excluding carboxylic acids is 1. The predicted molar refractivity (Wildman–Crippen MR) is 81.6 cm³/mol. The second-order valence-corrected chi connectivity index (χ2v) is 5.58. The minimum absolute atomic E-state index is 0.198. The van der Waals surface area contributed by atoms with Crippen LogP contribution < -0.4 is 5.32 Å². The predicted octanol–water partition coefficient (Wildman–Crippen LogP) is 4.35. The van der Waals surface area contributed by atoms with Crippen LogP contribution in [0.5, 0.6) is 0 Å². The van der Waals surface area contributed by atoms with Crippen LogP contribution in [-0.2, 0) is 6.42 Å². The SMILES string of the molecule is O=C(N[C@H](Cc1ccccc1Br)C(F)(F)F)c1ccccc1. The van der Waals surface area contributed by atoms with E-state index < -0.39 is 18.1 Å². The molecule has 0 aromatic heterocycles. The van der Waals surface area contributed by atoms with E-state index in [-0.39, 0.29) is 12.0 Å². The first-order valence-electron chi connectivity index (χ1n) is 6.54. The molecule has 2 aromatic rings. The summed E-state index contributed by atoms with van der Waals surface area (Å²) in [7, 11) is 0. The fourth-order valence-electron chi connectivity index (χ4n) is 1.96. The number of nitrogens with one attached hydrogen (secondary N) is 1. The fourth-order valence-corrected chi connectivity index (χ4v) is 2.41. The molecule has 0 saturated heterocycles. The van der Waals surface area contributed by atoms with E-state index in [2.05, 4.69) is 21.2 Å². The van der Waals surface area contributed by atoms with Crippen molar-refractivity contribution >= 4 is 21.8 Å². The maximum absolute atomic E-state index is 13.2. The van der Waals surface area contributed by atoms with Crippen LogP contribution in [0.1, 0.15) is 15.9 Å². The monoisotopic (exact) mass is 371 g/mol. The Bertz CT molecular complexity index is 643. The highest BCUT2D eigenvalue weighted by atomic mass is 79.9. The smallest absolute Gasteiger partial charge is 0.340 e. The first kappa shape index (κ1) is 16.5. The summed E-state index contributed by atoms with van der Waals surface area (Å²) in [5.41, 5.74) is 0.682. The largest absolute Gasteiger partial charge is 0.408 e. The number of benzene rings is 2. The highest BCUT2D eigenvalue weighted by Gasteiger charge is 2.40. The molecule has 1 atom stereocenters. The lowest BCUT2D eigenvalue weighted by atomic mass is 10.0. The minimum Gasteiger partial charge on any atom is -0.340 e. The molecule has 116 valence electrons. The number of rotatable bonds is 4. The molecular formula is C16H13BrF3NO. The van der Waals surface area contributed by atoms with Crippen LogP contribution in [0.25, 0.3) is 0 Å². The lowest BCUT2D eigenvalue weighted by Gasteiger charge is -2.22. The van der Waals surface area contributed by atoms with E-state index in [1.54, 1.807) is 42.5 Å². The zero-order valence-corrected chi connectivity index (χ0v) is 13.0. The van der Waals surface area contributed by atoms with E-state index in [0.29, 0.717) is 10.0 Å². The number of hydrogen-bond acceptors (Lipinski definition) is 1. The van der Waals surface area contributed by atoms with Gasteiger partial charge in [0.25, 0.3) is 5.91 Å². The van der Waals surface area contributed by atoms with Gasteiger partial charge >= 0.3 is 6.18 Å². The van der Waals surface area contributed by atoms with Crippen molar-refractivity contribution in [3.05, 3.63) is 70.2 Å². The van der Waals surface area contributed by atoms with Crippen molar-refractivity contribution in [3.8, 4) is 0 Å². The normalized spacial score (nSPS) is 12.7. The zero-order chi connectivity index (χ0) is 16.2. The van der Waals surface area contributed by atoms with Crippen molar-refractivity contribution in [2.24, 2.45) is 0 Å². The molecule has 2 nitrogen and oxygen atoms in total. The Hall–Kier alpha value is -1.82. The minimum atomic E-state index is -4.53. The molecule has 0 aliphatic rings. The Morgan fingerprint density at radius 2 is 1.64 bits per heavy atom. The number of carbonyl (C=O) groups is 1. The van der Waals surface area contributed by atoms with Crippen LogP contribution in [0.4, 0.5) is 13.2 Å². The summed E-state index contributed by atoms with van der Waals surface area (Å²) >= 11 is 3.22. The van der Waals surface area contributed by atoms with E-state index >= 15 is 0 Å². The highest BCUT2D eigenvalue weighted by molar-refractivity contribution is 9.10. The topological polar surface area (TPSA) is 29.1 Å². The first-order chi connectivity index (χ1) is 10.4. The quantitative estimate of drug-likeness (QED) is 0.850. The Morgan fingerprint density at radius 1 is 1.05 bits per heavy atom. The van der Waals surface area contributed by atoms with E-state index in [0.717, 1.165) is 0 Å². The van der Waals surface area contributed by atoms with Gasteiger partial charge in [-0.2, -0.15) is 13.2 Å². The summed E-state index contributed by atoms with van der Waals surface area (Å²) in [4.78, 5) is 12.0. The fraction of sp³-hybridized carbons (Fsp3) is 0.188. The second-order valence-electron chi connectivity index (χ2n) is 4.73. The maximum Gasteiger partial charge on any atom is 0.408 e. The highest BCUT2D eigenvalue weighted by Crippen LogP contribution is 2.26. The molecule has 0 unspecified atom stereocenters. The lowest BCUT2D eigenvalue weighted by Crippen LogP contribution is -2.46. The van der Waals surface area contributed by atoms with E-state index in [9.17, 15) is 18.0 Å². The molecule has 2 rings (SSSR count). The average Bonchev–Trinajstić information content (AvgIpc) is 2.48. The van der Waals surface area contributed by atoms with Gasteiger partial charge in [0, 0.05) is 16.5 Å². The molecule has 6 heteroatoms. The van der Waals surface area contributed by atoms with Gasteiger partial charge in [-0.3, -0.25) is 4.79 Å². The molecule has 1 amide bonds. The Labute approximate surface area is 134 Å². The summed E-state index contributed by atoms with van der Waals surface area (Å²) in [6.07, 6.45) is -4.86. The molecule has 0 aliphatic carbocycles. The molecule has 22 heavy (non-hydrogen) atoms. The first-order valence-corrected chi connectivity index (χ1v) is 7.33. The van der Waals surface area contributed by atoms with Gasteiger partial charge in [-0.05, 0) is 23.8 Å². The van der Waals surface area contributed by atoms with Crippen molar-refractivity contribution in [2.45, 2.75) is 18.6 Å². The van der Waals surface area contributed by atoms with E-state index in [4.69, 9.17) is 0 Å². The number of amides is 1. The van der Waals surface area contributed by atoms with Crippen molar-refractivity contribution in [1.29, 1.82) is 0 Å². The van der Waals surface area contributed by atoms with Crippen LogP contribution in [0.3, 0.4) is 0 Å².